The van der Waals surface area contributed by atoms with E-state index >= 15 is 0 Å². The van der Waals surface area contributed by atoms with E-state index < -0.39 is 17.6 Å². The van der Waals surface area contributed by atoms with Crippen molar-refractivity contribution in [2.24, 2.45) is 0 Å². The van der Waals surface area contributed by atoms with Crippen LogP contribution < -0.4 is 10.6 Å². The van der Waals surface area contributed by atoms with Crippen LogP contribution in [0.2, 0.25) is 0 Å². The molecule has 4 nitrogen and oxygen atoms in total. The number of benzene rings is 1. The SMILES string of the molecule is CNC(=O)c1ccc(CN2CCNC(C)C2)c(C(F)(F)F)c1. The third-order valence-electron chi connectivity index (χ3n) is 3.75. The van der Waals surface area contributed by atoms with Gasteiger partial charge in [0, 0.05) is 44.8 Å². The van der Waals surface area contributed by atoms with Crippen LogP contribution in [0.25, 0.3) is 0 Å². The van der Waals surface area contributed by atoms with E-state index in [4.69, 9.17) is 0 Å². The van der Waals surface area contributed by atoms with E-state index in [0.717, 1.165) is 12.6 Å². The smallest absolute Gasteiger partial charge is 0.355 e. The van der Waals surface area contributed by atoms with Gasteiger partial charge in [-0.3, -0.25) is 9.69 Å². The van der Waals surface area contributed by atoms with Gasteiger partial charge in [0.05, 0.1) is 5.56 Å². The maximum Gasteiger partial charge on any atom is 0.416 e. The molecule has 1 unspecified atom stereocenters. The summed E-state index contributed by atoms with van der Waals surface area (Å²) in [5.74, 6) is -0.521. The Hall–Kier alpha value is -1.60. The Morgan fingerprint density at radius 2 is 2.18 bits per heavy atom. The Kier molecular flexibility index (Phi) is 5.08. The molecule has 1 aromatic rings. The van der Waals surface area contributed by atoms with Crippen LogP contribution in [-0.4, -0.2) is 43.5 Å². The van der Waals surface area contributed by atoms with Crippen LogP contribution in [0, 0.1) is 0 Å². The largest absolute Gasteiger partial charge is 0.416 e. The number of carbonyl (C=O) groups excluding carboxylic acids is 1. The van der Waals surface area contributed by atoms with Crippen LogP contribution in [0.3, 0.4) is 0 Å². The van der Waals surface area contributed by atoms with E-state index in [1.165, 1.54) is 19.2 Å². The summed E-state index contributed by atoms with van der Waals surface area (Å²) >= 11 is 0. The monoisotopic (exact) mass is 315 g/mol. The van der Waals surface area contributed by atoms with Crippen LogP contribution >= 0.6 is 0 Å². The molecular weight excluding hydrogens is 295 g/mol. The highest BCUT2D eigenvalue weighted by molar-refractivity contribution is 5.94. The van der Waals surface area contributed by atoms with Gasteiger partial charge in [-0.25, -0.2) is 0 Å². The van der Waals surface area contributed by atoms with E-state index in [1.54, 1.807) is 0 Å². The Morgan fingerprint density at radius 1 is 1.45 bits per heavy atom. The second-order valence-corrected chi connectivity index (χ2v) is 5.54. The van der Waals surface area contributed by atoms with Crippen LogP contribution in [0.1, 0.15) is 28.4 Å². The lowest BCUT2D eigenvalue weighted by atomic mass is 10.0. The molecule has 1 saturated heterocycles. The summed E-state index contributed by atoms with van der Waals surface area (Å²) in [6, 6.07) is 4.03. The highest BCUT2D eigenvalue weighted by Crippen LogP contribution is 2.33. The van der Waals surface area contributed by atoms with Gasteiger partial charge in [-0.15, -0.1) is 0 Å². The van der Waals surface area contributed by atoms with Gasteiger partial charge >= 0.3 is 6.18 Å². The number of amides is 1. The standard InChI is InChI=1S/C15H20F3N3O/c1-10-8-21(6-5-20-10)9-12-4-3-11(14(22)19-2)7-13(12)15(16,17)18/h3-4,7,10,20H,5-6,8-9H2,1-2H3,(H,19,22). The Morgan fingerprint density at radius 3 is 2.77 bits per heavy atom. The minimum atomic E-state index is -4.47. The number of halogens is 3. The quantitative estimate of drug-likeness (QED) is 0.895. The minimum Gasteiger partial charge on any atom is -0.355 e. The first-order chi connectivity index (χ1) is 10.3. The van der Waals surface area contributed by atoms with E-state index in [-0.39, 0.29) is 23.7 Å². The highest BCUT2D eigenvalue weighted by atomic mass is 19.4. The van der Waals surface area contributed by atoms with E-state index in [1.807, 2.05) is 11.8 Å². The summed E-state index contributed by atoms with van der Waals surface area (Å²) in [4.78, 5) is 13.5. The molecule has 1 fully saturated rings. The normalized spacial score (nSPS) is 20.0. The molecular formula is C15H20F3N3O. The summed E-state index contributed by atoms with van der Waals surface area (Å²) in [5, 5.41) is 5.60. The number of rotatable bonds is 3. The van der Waals surface area contributed by atoms with E-state index in [0.29, 0.717) is 13.1 Å². The fraction of sp³-hybridized carbons (Fsp3) is 0.533. The fourth-order valence-electron chi connectivity index (χ4n) is 2.66. The van der Waals surface area contributed by atoms with Crippen molar-refractivity contribution in [2.45, 2.75) is 25.7 Å². The van der Waals surface area contributed by atoms with Gasteiger partial charge in [0.25, 0.3) is 5.91 Å². The molecule has 1 aromatic carbocycles. The van der Waals surface area contributed by atoms with Crippen LogP contribution in [0.5, 0.6) is 0 Å². The molecule has 0 spiro atoms. The summed E-state index contributed by atoms with van der Waals surface area (Å²) in [6.07, 6.45) is -4.47. The van der Waals surface area contributed by atoms with Gasteiger partial charge in [0.15, 0.2) is 0 Å². The Balaban J connectivity index is 2.28. The maximum atomic E-state index is 13.3. The number of carbonyl (C=O) groups is 1. The van der Waals surface area contributed by atoms with Crippen molar-refractivity contribution in [3.63, 3.8) is 0 Å². The summed E-state index contributed by atoms with van der Waals surface area (Å²) in [5.41, 5.74) is -0.513. The molecule has 2 N–H and O–H groups in total. The molecule has 1 atom stereocenters. The van der Waals surface area contributed by atoms with Gasteiger partial charge in [-0.1, -0.05) is 6.07 Å². The van der Waals surface area contributed by atoms with Gasteiger partial charge in [0.1, 0.15) is 0 Å². The van der Waals surface area contributed by atoms with Crippen molar-refractivity contribution in [1.29, 1.82) is 0 Å². The number of piperazine rings is 1. The Bertz CT molecular complexity index is 545. The van der Waals surface area contributed by atoms with Crippen molar-refractivity contribution in [2.75, 3.05) is 26.7 Å². The second kappa shape index (κ2) is 6.66. The lowest BCUT2D eigenvalue weighted by Gasteiger charge is -2.32. The van der Waals surface area contributed by atoms with Crippen molar-refractivity contribution in [3.8, 4) is 0 Å². The van der Waals surface area contributed by atoms with Crippen molar-refractivity contribution >= 4 is 5.91 Å². The summed E-state index contributed by atoms with van der Waals surface area (Å²) in [7, 11) is 1.39. The van der Waals surface area contributed by atoms with Crippen molar-refractivity contribution in [3.05, 3.63) is 34.9 Å². The minimum absolute atomic E-state index is 0.0206. The average molecular weight is 315 g/mol. The molecule has 2 rings (SSSR count). The number of nitrogens with zero attached hydrogens (tertiary/aromatic N) is 1. The summed E-state index contributed by atoms with van der Waals surface area (Å²) in [6.45, 7) is 4.41. The zero-order chi connectivity index (χ0) is 16.3. The number of hydrogen-bond acceptors (Lipinski definition) is 3. The molecule has 122 valence electrons. The molecule has 22 heavy (non-hydrogen) atoms. The summed E-state index contributed by atoms with van der Waals surface area (Å²) < 4.78 is 39.8. The van der Waals surface area contributed by atoms with Gasteiger partial charge < -0.3 is 10.6 Å². The predicted octanol–water partition coefficient (Wildman–Crippen LogP) is 1.86. The third-order valence-corrected chi connectivity index (χ3v) is 3.75. The molecule has 0 aliphatic carbocycles. The second-order valence-electron chi connectivity index (χ2n) is 5.54. The van der Waals surface area contributed by atoms with Crippen LogP contribution in [0.4, 0.5) is 13.2 Å². The molecule has 0 aromatic heterocycles. The molecule has 1 amide bonds. The first-order valence-electron chi connectivity index (χ1n) is 7.19. The van der Waals surface area contributed by atoms with E-state index in [9.17, 15) is 18.0 Å². The molecule has 1 aliphatic heterocycles. The lowest BCUT2D eigenvalue weighted by Crippen LogP contribution is -2.48. The number of hydrogen-bond donors (Lipinski definition) is 2. The fourth-order valence-corrected chi connectivity index (χ4v) is 2.66. The average Bonchev–Trinajstić information content (AvgIpc) is 2.45. The molecule has 1 aliphatic rings. The van der Waals surface area contributed by atoms with Gasteiger partial charge in [-0.2, -0.15) is 13.2 Å². The topological polar surface area (TPSA) is 44.4 Å². The Labute approximate surface area is 127 Å². The van der Waals surface area contributed by atoms with Crippen molar-refractivity contribution < 1.29 is 18.0 Å². The van der Waals surface area contributed by atoms with Crippen molar-refractivity contribution in [1.82, 2.24) is 15.5 Å². The molecule has 0 radical (unpaired) electrons. The van der Waals surface area contributed by atoms with Crippen LogP contribution in [-0.2, 0) is 12.7 Å². The third kappa shape index (κ3) is 3.98. The molecule has 0 saturated carbocycles. The first-order valence-corrected chi connectivity index (χ1v) is 7.19. The highest BCUT2D eigenvalue weighted by Gasteiger charge is 2.34. The predicted molar refractivity (Wildman–Crippen MR) is 77.6 cm³/mol. The molecule has 0 bridgehead atoms. The van der Waals surface area contributed by atoms with Gasteiger partial charge in [-0.05, 0) is 24.6 Å². The zero-order valence-corrected chi connectivity index (χ0v) is 12.6. The molecule has 7 heteroatoms. The lowest BCUT2D eigenvalue weighted by molar-refractivity contribution is -0.138. The van der Waals surface area contributed by atoms with Crippen LogP contribution in [0.15, 0.2) is 18.2 Å². The zero-order valence-electron chi connectivity index (χ0n) is 12.6. The molecule has 1 heterocycles. The van der Waals surface area contributed by atoms with Gasteiger partial charge in [0.2, 0.25) is 0 Å². The van der Waals surface area contributed by atoms with E-state index in [2.05, 4.69) is 10.6 Å². The number of nitrogens with one attached hydrogen (secondary N) is 2. The maximum absolute atomic E-state index is 13.3. The first kappa shape index (κ1) is 16.8. The number of alkyl halides is 3.